The molecule has 0 bridgehead atoms. The van der Waals surface area contributed by atoms with E-state index in [0.29, 0.717) is 31.5 Å². The number of carbonyl (C=O) groups excluding carboxylic acids is 2. The molecule has 1 fully saturated rings. The molecule has 1 saturated heterocycles. The topological polar surface area (TPSA) is 116 Å². The van der Waals surface area contributed by atoms with E-state index in [1.165, 1.54) is 0 Å². The number of likely N-dealkylation sites (tertiary alicyclic amines) is 1. The summed E-state index contributed by atoms with van der Waals surface area (Å²) in [5.41, 5.74) is 9.31. The molecular weight excluding hydrogens is 344 g/mol. The van der Waals surface area contributed by atoms with Gasteiger partial charge in [-0.2, -0.15) is 5.10 Å². The van der Waals surface area contributed by atoms with Gasteiger partial charge in [0.05, 0.1) is 5.69 Å². The molecule has 0 aliphatic carbocycles. The van der Waals surface area contributed by atoms with Gasteiger partial charge in [0, 0.05) is 29.9 Å². The lowest BCUT2D eigenvalue weighted by Gasteiger charge is -2.35. The van der Waals surface area contributed by atoms with Gasteiger partial charge in [0.15, 0.2) is 5.96 Å². The Labute approximate surface area is 156 Å². The molecule has 2 aliphatic heterocycles. The summed E-state index contributed by atoms with van der Waals surface area (Å²) in [4.78, 5) is 31.2. The van der Waals surface area contributed by atoms with Crippen molar-refractivity contribution in [3.63, 3.8) is 0 Å². The third-order valence-electron chi connectivity index (χ3n) is 5.40. The van der Waals surface area contributed by atoms with Crippen LogP contribution in [0.5, 0.6) is 0 Å². The van der Waals surface area contributed by atoms with Crippen molar-refractivity contribution in [1.29, 1.82) is 0 Å². The summed E-state index contributed by atoms with van der Waals surface area (Å²) < 4.78 is 0. The van der Waals surface area contributed by atoms with Crippen LogP contribution in [0.2, 0.25) is 0 Å². The molecule has 8 heteroatoms. The number of benzene rings is 1. The SMILES string of the molecule is Cc1n[nH]c(C)c1-c1cccc(C(=O)N2CCC3(CC2)N=C(N)NC3=O)c1. The number of piperidine rings is 1. The van der Waals surface area contributed by atoms with Gasteiger partial charge in [-0.3, -0.25) is 20.0 Å². The van der Waals surface area contributed by atoms with Crippen molar-refractivity contribution in [2.24, 2.45) is 10.7 Å². The number of aromatic nitrogens is 2. The molecule has 1 aromatic carbocycles. The first-order chi connectivity index (χ1) is 12.9. The molecule has 140 valence electrons. The maximum Gasteiger partial charge on any atom is 0.254 e. The van der Waals surface area contributed by atoms with E-state index in [-0.39, 0.29) is 17.8 Å². The molecule has 0 unspecified atom stereocenters. The lowest BCUT2D eigenvalue weighted by atomic mass is 9.87. The summed E-state index contributed by atoms with van der Waals surface area (Å²) in [5.74, 6) is -0.0424. The van der Waals surface area contributed by atoms with Gasteiger partial charge in [0.25, 0.3) is 11.8 Å². The zero-order chi connectivity index (χ0) is 19.2. The summed E-state index contributed by atoms with van der Waals surface area (Å²) >= 11 is 0. The first kappa shape index (κ1) is 17.3. The molecule has 3 heterocycles. The number of aromatic amines is 1. The number of aliphatic imine (C=N–C) groups is 1. The number of rotatable bonds is 2. The normalized spacial score (nSPS) is 18.5. The fraction of sp³-hybridized carbons (Fsp3) is 0.368. The largest absolute Gasteiger partial charge is 0.370 e. The number of nitrogens with zero attached hydrogens (tertiary/aromatic N) is 3. The second-order valence-corrected chi connectivity index (χ2v) is 7.16. The highest BCUT2D eigenvalue weighted by molar-refractivity contribution is 6.07. The number of amides is 2. The Morgan fingerprint density at radius 1 is 1.26 bits per heavy atom. The van der Waals surface area contributed by atoms with E-state index in [1.54, 1.807) is 4.90 Å². The van der Waals surface area contributed by atoms with E-state index in [0.717, 1.165) is 22.5 Å². The maximum absolute atomic E-state index is 13.0. The van der Waals surface area contributed by atoms with Crippen LogP contribution in [0, 0.1) is 13.8 Å². The van der Waals surface area contributed by atoms with Gasteiger partial charge in [-0.05, 0) is 44.4 Å². The monoisotopic (exact) mass is 366 g/mol. The van der Waals surface area contributed by atoms with Crippen LogP contribution in [0.15, 0.2) is 29.3 Å². The number of guanidine groups is 1. The molecule has 2 aliphatic rings. The van der Waals surface area contributed by atoms with E-state index in [1.807, 2.05) is 38.1 Å². The molecule has 0 atom stereocenters. The van der Waals surface area contributed by atoms with Crippen molar-refractivity contribution in [3.8, 4) is 11.1 Å². The van der Waals surface area contributed by atoms with E-state index >= 15 is 0 Å². The summed E-state index contributed by atoms with van der Waals surface area (Å²) in [5, 5.41) is 9.77. The Balaban J connectivity index is 1.53. The fourth-order valence-electron chi connectivity index (χ4n) is 3.93. The van der Waals surface area contributed by atoms with Crippen molar-refractivity contribution in [1.82, 2.24) is 20.4 Å². The summed E-state index contributed by atoms with van der Waals surface area (Å²) in [6, 6.07) is 7.58. The van der Waals surface area contributed by atoms with E-state index in [4.69, 9.17) is 5.73 Å². The Kier molecular flexibility index (Phi) is 3.98. The van der Waals surface area contributed by atoms with Crippen LogP contribution in [0.25, 0.3) is 11.1 Å². The maximum atomic E-state index is 13.0. The highest BCUT2D eigenvalue weighted by Gasteiger charge is 2.46. The Morgan fingerprint density at radius 3 is 2.59 bits per heavy atom. The lowest BCUT2D eigenvalue weighted by molar-refractivity contribution is -0.125. The Morgan fingerprint density at radius 2 is 2.00 bits per heavy atom. The molecule has 2 aromatic rings. The average molecular weight is 366 g/mol. The van der Waals surface area contributed by atoms with Crippen LogP contribution in [0.3, 0.4) is 0 Å². The van der Waals surface area contributed by atoms with E-state index in [2.05, 4.69) is 20.5 Å². The van der Waals surface area contributed by atoms with Gasteiger partial charge in [0.2, 0.25) is 0 Å². The average Bonchev–Trinajstić information content (AvgIpc) is 3.13. The number of hydrogen-bond acceptors (Lipinski definition) is 5. The molecule has 4 N–H and O–H groups in total. The van der Waals surface area contributed by atoms with Gasteiger partial charge >= 0.3 is 0 Å². The minimum atomic E-state index is -0.812. The van der Waals surface area contributed by atoms with Crippen molar-refractivity contribution in [3.05, 3.63) is 41.2 Å². The fourth-order valence-corrected chi connectivity index (χ4v) is 3.93. The third-order valence-corrected chi connectivity index (χ3v) is 5.40. The summed E-state index contributed by atoms with van der Waals surface area (Å²) in [7, 11) is 0. The van der Waals surface area contributed by atoms with Gasteiger partial charge in [-0.15, -0.1) is 0 Å². The highest BCUT2D eigenvalue weighted by Crippen LogP contribution is 2.31. The summed E-state index contributed by atoms with van der Waals surface area (Å²) in [6.07, 6.45) is 0.954. The number of carbonyl (C=O) groups is 2. The van der Waals surface area contributed by atoms with Crippen molar-refractivity contribution < 1.29 is 9.59 Å². The zero-order valence-corrected chi connectivity index (χ0v) is 15.4. The number of H-pyrrole nitrogens is 1. The smallest absolute Gasteiger partial charge is 0.254 e. The molecule has 1 aromatic heterocycles. The molecule has 1 spiro atoms. The lowest BCUT2D eigenvalue weighted by Crippen LogP contribution is -2.50. The van der Waals surface area contributed by atoms with E-state index in [9.17, 15) is 9.59 Å². The predicted molar refractivity (Wildman–Crippen MR) is 101 cm³/mol. The minimum absolute atomic E-state index is 0.0409. The van der Waals surface area contributed by atoms with Crippen LogP contribution in [-0.2, 0) is 4.79 Å². The van der Waals surface area contributed by atoms with Gasteiger partial charge in [-0.25, -0.2) is 4.99 Å². The molecule has 2 amide bonds. The Bertz CT molecular complexity index is 933. The van der Waals surface area contributed by atoms with Crippen LogP contribution in [0.1, 0.15) is 34.6 Å². The molecule has 0 saturated carbocycles. The van der Waals surface area contributed by atoms with Crippen LogP contribution in [0.4, 0.5) is 0 Å². The van der Waals surface area contributed by atoms with Gasteiger partial charge in [0.1, 0.15) is 5.54 Å². The predicted octanol–water partition coefficient (Wildman–Crippen LogP) is 1.11. The van der Waals surface area contributed by atoms with Crippen molar-refractivity contribution >= 4 is 17.8 Å². The first-order valence-electron chi connectivity index (χ1n) is 8.98. The number of hydrogen-bond donors (Lipinski definition) is 3. The van der Waals surface area contributed by atoms with Crippen molar-refractivity contribution in [2.45, 2.75) is 32.2 Å². The quantitative estimate of drug-likeness (QED) is 0.738. The minimum Gasteiger partial charge on any atom is -0.370 e. The first-order valence-corrected chi connectivity index (χ1v) is 8.98. The van der Waals surface area contributed by atoms with Crippen LogP contribution >= 0.6 is 0 Å². The number of aryl methyl sites for hydroxylation is 2. The Hall–Kier alpha value is -3.16. The molecule has 27 heavy (non-hydrogen) atoms. The molecule has 0 radical (unpaired) electrons. The second kappa shape index (κ2) is 6.22. The van der Waals surface area contributed by atoms with Gasteiger partial charge < -0.3 is 10.6 Å². The second-order valence-electron chi connectivity index (χ2n) is 7.16. The number of nitrogens with one attached hydrogen (secondary N) is 2. The highest BCUT2D eigenvalue weighted by atomic mass is 16.2. The summed E-state index contributed by atoms with van der Waals surface area (Å²) in [6.45, 7) is 4.84. The number of nitrogens with two attached hydrogens (primary N) is 1. The standard InChI is InChI=1S/C19H22N6O2/c1-11-15(12(2)24-23-11)13-4-3-5-14(10-13)16(26)25-8-6-19(7-9-25)17(27)21-18(20)22-19/h3-5,10H,6-9H2,1-2H3,(H,23,24)(H3,20,21,22,27). The van der Waals surface area contributed by atoms with Gasteiger partial charge in [-0.1, -0.05) is 12.1 Å². The third kappa shape index (κ3) is 2.87. The molecule has 8 nitrogen and oxygen atoms in total. The molecular formula is C19H22N6O2. The zero-order valence-electron chi connectivity index (χ0n) is 15.4. The van der Waals surface area contributed by atoms with Crippen LogP contribution in [-0.4, -0.2) is 51.5 Å². The van der Waals surface area contributed by atoms with E-state index < -0.39 is 5.54 Å². The molecule has 4 rings (SSSR count). The van der Waals surface area contributed by atoms with Crippen molar-refractivity contribution in [2.75, 3.05) is 13.1 Å². The van der Waals surface area contributed by atoms with Crippen LogP contribution < -0.4 is 11.1 Å².